The van der Waals surface area contributed by atoms with E-state index in [0.717, 1.165) is 43.2 Å². The van der Waals surface area contributed by atoms with Gasteiger partial charge in [-0.2, -0.15) is 0 Å². The van der Waals surface area contributed by atoms with Crippen molar-refractivity contribution in [2.75, 3.05) is 57.8 Å². The molecule has 2 aliphatic rings. The van der Waals surface area contributed by atoms with E-state index in [-0.39, 0.29) is 24.0 Å². The van der Waals surface area contributed by atoms with Gasteiger partial charge in [-0.05, 0) is 62.5 Å². The molecule has 2 N–H and O–H groups in total. The summed E-state index contributed by atoms with van der Waals surface area (Å²) in [7, 11) is 1.86. The van der Waals surface area contributed by atoms with E-state index in [4.69, 9.17) is 0 Å². The van der Waals surface area contributed by atoms with Crippen LogP contribution in [0.3, 0.4) is 0 Å². The fourth-order valence-electron chi connectivity index (χ4n) is 3.86. The van der Waals surface area contributed by atoms with Crippen molar-refractivity contribution < 1.29 is 0 Å². The number of likely N-dealkylation sites (tertiary alicyclic amines) is 1. The van der Waals surface area contributed by atoms with E-state index in [9.17, 15) is 0 Å². The van der Waals surface area contributed by atoms with E-state index in [0.29, 0.717) is 5.92 Å². The molecule has 27 heavy (non-hydrogen) atoms. The first kappa shape index (κ1) is 22.7. The molecule has 5 nitrogen and oxygen atoms in total. The van der Waals surface area contributed by atoms with Gasteiger partial charge in [0.15, 0.2) is 5.96 Å². The lowest BCUT2D eigenvalue weighted by Gasteiger charge is -2.26. The number of guanidine groups is 1. The van der Waals surface area contributed by atoms with Crippen LogP contribution in [-0.4, -0.2) is 63.7 Å². The maximum absolute atomic E-state index is 4.38. The molecular formula is C20H33BrIN5. The highest BCUT2D eigenvalue weighted by atomic mass is 127. The molecule has 0 aromatic heterocycles. The lowest BCUT2D eigenvalue weighted by Crippen LogP contribution is -2.44. The fraction of sp³-hybridized carbons (Fsp3) is 0.650. The maximum atomic E-state index is 4.38. The zero-order valence-electron chi connectivity index (χ0n) is 16.3. The molecule has 0 amide bonds. The Morgan fingerprint density at radius 3 is 2.56 bits per heavy atom. The molecule has 0 spiro atoms. The van der Waals surface area contributed by atoms with Gasteiger partial charge < -0.3 is 20.4 Å². The Kier molecular flexibility index (Phi) is 10.2. The van der Waals surface area contributed by atoms with Crippen LogP contribution in [0, 0.1) is 5.92 Å². The molecule has 7 heteroatoms. The number of hydrogen-bond acceptors (Lipinski definition) is 3. The Balaban J connectivity index is 0.00000261. The van der Waals surface area contributed by atoms with Crippen LogP contribution in [0.5, 0.6) is 0 Å². The van der Waals surface area contributed by atoms with Crippen LogP contribution in [0.4, 0.5) is 5.69 Å². The van der Waals surface area contributed by atoms with E-state index >= 15 is 0 Å². The number of anilines is 1. The molecule has 2 heterocycles. The molecule has 1 aromatic rings. The van der Waals surface area contributed by atoms with Crippen molar-refractivity contribution >= 4 is 51.6 Å². The topological polar surface area (TPSA) is 42.9 Å². The minimum Gasteiger partial charge on any atom is -0.371 e. The van der Waals surface area contributed by atoms with Crippen LogP contribution in [-0.2, 0) is 0 Å². The quantitative estimate of drug-likeness (QED) is 0.323. The molecule has 1 unspecified atom stereocenters. The molecule has 0 radical (unpaired) electrons. The highest BCUT2D eigenvalue weighted by molar-refractivity contribution is 14.0. The number of nitrogens with one attached hydrogen (secondary N) is 2. The monoisotopic (exact) mass is 549 g/mol. The number of halogens is 2. The third kappa shape index (κ3) is 7.42. The van der Waals surface area contributed by atoms with E-state index in [1.807, 2.05) is 7.05 Å². The first-order valence-corrected chi connectivity index (χ1v) is 10.7. The van der Waals surface area contributed by atoms with Gasteiger partial charge in [-0.15, -0.1) is 24.0 Å². The molecule has 2 fully saturated rings. The van der Waals surface area contributed by atoms with E-state index < -0.39 is 0 Å². The molecular weight excluding hydrogens is 517 g/mol. The standard InChI is InChI=1S/C20H32BrN5.HI/c1-22-20(23-10-14-25-11-3-2-4-12-25)24-15-17-9-13-26(16-17)19-7-5-18(21)6-8-19;/h5-8,17H,2-4,9-16H2,1H3,(H2,22,23,24);1H. The lowest BCUT2D eigenvalue weighted by molar-refractivity contribution is 0.232. The van der Waals surface area contributed by atoms with Gasteiger partial charge in [-0.25, -0.2) is 0 Å². The summed E-state index contributed by atoms with van der Waals surface area (Å²) in [5.41, 5.74) is 1.32. The molecule has 0 saturated carbocycles. The summed E-state index contributed by atoms with van der Waals surface area (Å²) in [6.45, 7) is 7.81. The second kappa shape index (κ2) is 12.1. The average molecular weight is 550 g/mol. The second-order valence-electron chi connectivity index (χ2n) is 7.36. The zero-order valence-corrected chi connectivity index (χ0v) is 20.2. The summed E-state index contributed by atoms with van der Waals surface area (Å²) < 4.78 is 1.14. The van der Waals surface area contributed by atoms with Gasteiger partial charge in [-0.1, -0.05) is 22.4 Å². The summed E-state index contributed by atoms with van der Waals surface area (Å²) in [6.07, 6.45) is 5.33. The van der Waals surface area contributed by atoms with Gasteiger partial charge in [0.25, 0.3) is 0 Å². The Morgan fingerprint density at radius 2 is 1.85 bits per heavy atom. The van der Waals surface area contributed by atoms with Gasteiger partial charge in [0.2, 0.25) is 0 Å². The van der Waals surface area contributed by atoms with Crippen LogP contribution in [0.15, 0.2) is 33.7 Å². The number of benzene rings is 1. The minimum absolute atomic E-state index is 0. The number of nitrogens with zero attached hydrogens (tertiary/aromatic N) is 3. The van der Waals surface area contributed by atoms with Crippen LogP contribution < -0.4 is 15.5 Å². The summed E-state index contributed by atoms with van der Waals surface area (Å²) in [5, 5.41) is 6.98. The largest absolute Gasteiger partial charge is 0.371 e. The Labute approximate surface area is 189 Å². The third-order valence-corrected chi connectivity index (χ3v) is 5.96. The highest BCUT2D eigenvalue weighted by Crippen LogP contribution is 2.24. The zero-order chi connectivity index (χ0) is 18.2. The summed E-state index contributed by atoms with van der Waals surface area (Å²) in [4.78, 5) is 9.41. The van der Waals surface area contributed by atoms with Crippen molar-refractivity contribution in [3.8, 4) is 0 Å². The van der Waals surface area contributed by atoms with Crippen molar-refractivity contribution in [3.05, 3.63) is 28.7 Å². The molecule has 152 valence electrons. The average Bonchev–Trinajstić information content (AvgIpc) is 3.15. The molecule has 2 saturated heterocycles. The first-order valence-electron chi connectivity index (χ1n) is 9.92. The summed E-state index contributed by atoms with van der Waals surface area (Å²) >= 11 is 3.51. The number of rotatable bonds is 6. The van der Waals surface area contributed by atoms with Crippen LogP contribution >= 0.6 is 39.9 Å². The number of hydrogen-bond donors (Lipinski definition) is 2. The SMILES string of the molecule is CN=C(NCCN1CCCCC1)NCC1CCN(c2ccc(Br)cc2)C1.I. The molecule has 2 aliphatic heterocycles. The summed E-state index contributed by atoms with van der Waals surface area (Å²) in [6, 6.07) is 8.63. The predicted octanol–water partition coefficient (Wildman–Crippen LogP) is 3.54. The molecule has 1 atom stereocenters. The Bertz CT molecular complexity index is 574. The normalized spacial score (nSPS) is 21.0. The third-order valence-electron chi connectivity index (χ3n) is 5.43. The van der Waals surface area contributed by atoms with Crippen LogP contribution in [0.2, 0.25) is 0 Å². The van der Waals surface area contributed by atoms with Gasteiger partial charge in [0, 0.05) is 49.9 Å². The molecule has 3 rings (SSSR count). The van der Waals surface area contributed by atoms with Gasteiger partial charge in [0.1, 0.15) is 0 Å². The van der Waals surface area contributed by atoms with Crippen molar-refractivity contribution in [2.45, 2.75) is 25.7 Å². The fourth-order valence-corrected chi connectivity index (χ4v) is 4.13. The van der Waals surface area contributed by atoms with Gasteiger partial charge >= 0.3 is 0 Å². The second-order valence-corrected chi connectivity index (χ2v) is 8.28. The Hall–Kier alpha value is -0.540. The van der Waals surface area contributed by atoms with E-state index in [2.05, 4.69) is 65.6 Å². The van der Waals surface area contributed by atoms with Crippen LogP contribution in [0.1, 0.15) is 25.7 Å². The number of aliphatic imine (C=N–C) groups is 1. The van der Waals surface area contributed by atoms with Gasteiger partial charge in [-0.3, -0.25) is 4.99 Å². The van der Waals surface area contributed by atoms with Crippen molar-refractivity contribution in [1.82, 2.24) is 15.5 Å². The van der Waals surface area contributed by atoms with E-state index in [1.54, 1.807) is 0 Å². The maximum Gasteiger partial charge on any atom is 0.191 e. The smallest absolute Gasteiger partial charge is 0.191 e. The van der Waals surface area contributed by atoms with Crippen molar-refractivity contribution in [2.24, 2.45) is 10.9 Å². The molecule has 0 bridgehead atoms. The molecule has 1 aromatic carbocycles. The van der Waals surface area contributed by atoms with Gasteiger partial charge in [0.05, 0.1) is 0 Å². The predicted molar refractivity (Wildman–Crippen MR) is 130 cm³/mol. The van der Waals surface area contributed by atoms with Crippen LogP contribution in [0.25, 0.3) is 0 Å². The van der Waals surface area contributed by atoms with Crippen molar-refractivity contribution in [3.63, 3.8) is 0 Å². The minimum atomic E-state index is 0. The summed E-state index contributed by atoms with van der Waals surface area (Å²) in [5.74, 6) is 1.60. The highest BCUT2D eigenvalue weighted by Gasteiger charge is 2.22. The van der Waals surface area contributed by atoms with E-state index in [1.165, 1.54) is 44.5 Å². The lowest BCUT2D eigenvalue weighted by atomic mass is 10.1. The first-order chi connectivity index (χ1) is 12.7. The number of piperidine rings is 1. The Morgan fingerprint density at radius 1 is 1.11 bits per heavy atom. The van der Waals surface area contributed by atoms with Crippen molar-refractivity contribution in [1.29, 1.82) is 0 Å². The molecule has 0 aliphatic carbocycles.